The van der Waals surface area contributed by atoms with Crippen LogP contribution in [0.25, 0.3) is 0 Å². The van der Waals surface area contributed by atoms with Gasteiger partial charge in [0.1, 0.15) is 0 Å². The lowest BCUT2D eigenvalue weighted by Crippen LogP contribution is -2.37. The topological polar surface area (TPSA) is 55.1 Å². The Hall–Kier alpha value is -1.000. The number of anilines is 1. The van der Waals surface area contributed by atoms with Crippen molar-refractivity contribution in [3.63, 3.8) is 0 Å². The maximum atomic E-state index is 11.4. The van der Waals surface area contributed by atoms with Crippen molar-refractivity contribution in [3.8, 4) is 0 Å². The molecule has 0 bridgehead atoms. The van der Waals surface area contributed by atoms with E-state index in [-0.39, 0.29) is 5.91 Å². The molecule has 3 nitrogen and oxygen atoms in total. The predicted octanol–water partition coefficient (Wildman–Crippen LogP) is 1.19. The van der Waals surface area contributed by atoms with Gasteiger partial charge in [0.25, 0.3) is 0 Å². The summed E-state index contributed by atoms with van der Waals surface area (Å²) in [4.78, 5) is 11.4. The van der Waals surface area contributed by atoms with Crippen LogP contribution in [0.2, 0.25) is 0 Å². The molecule has 0 aromatic heterocycles. The van der Waals surface area contributed by atoms with Crippen molar-refractivity contribution in [1.82, 2.24) is 0 Å². The van der Waals surface area contributed by atoms with Gasteiger partial charge >= 0.3 is 0 Å². The Bertz CT molecular complexity index is 328. The molecule has 1 unspecified atom stereocenters. The molecule has 1 aromatic rings. The second-order valence-corrected chi connectivity index (χ2v) is 3.46. The summed E-state index contributed by atoms with van der Waals surface area (Å²) >= 11 is 3.96. The highest BCUT2D eigenvalue weighted by atomic mass is 32.1. The van der Waals surface area contributed by atoms with Crippen LogP contribution in [0.15, 0.2) is 24.3 Å². The Morgan fingerprint density at radius 2 is 2.21 bits per heavy atom. The van der Waals surface area contributed by atoms with Crippen LogP contribution in [0.5, 0.6) is 0 Å². The van der Waals surface area contributed by atoms with Gasteiger partial charge in [-0.25, -0.2) is 0 Å². The normalized spacial score (nSPS) is 12.2. The number of thiol groups is 1. The quantitative estimate of drug-likeness (QED) is 0.656. The van der Waals surface area contributed by atoms with E-state index in [0.29, 0.717) is 5.75 Å². The Balaban J connectivity index is 2.70. The predicted molar refractivity (Wildman–Crippen MR) is 61.6 cm³/mol. The molecule has 3 N–H and O–H groups in total. The van der Waals surface area contributed by atoms with Crippen LogP contribution >= 0.6 is 12.6 Å². The van der Waals surface area contributed by atoms with Crippen LogP contribution < -0.4 is 11.1 Å². The lowest BCUT2D eigenvalue weighted by molar-refractivity contribution is -0.116. The molecule has 14 heavy (non-hydrogen) atoms. The second-order valence-electron chi connectivity index (χ2n) is 3.09. The molecule has 0 saturated carbocycles. The first kappa shape index (κ1) is 11.1. The second kappa shape index (κ2) is 5.02. The molecule has 0 radical (unpaired) electrons. The first-order chi connectivity index (χ1) is 6.65. The van der Waals surface area contributed by atoms with E-state index in [0.717, 1.165) is 11.3 Å². The van der Waals surface area contributed by atoms with E-state index in [9.17, 15) is 4.79 Å². The van der Waals surface area contributed by atoms with Gasteiger partial charge in [0.05, 0.1) is 6.04 Å². The fourth-order valence-corrected chi connectivity index (χ4v) is 1.19. The van der Waals surface area contributed by atoms with Crippen LogP contribution in [0.3, 0.4) is 0 Å². The van der Waals surface area contributed by atoms with E-state index in [1.54, 1.807) is 0 Å². The number of amides is 1. The summed E-state index contributed by atoms with van der Waals surface area (Å²) in [6.45, 7) is 1.93. The van der Waals surface area contributed by atoms with Crippen LogP contribution in [0.1, 0.15) is 5.56 Å². The smallest absolute Gasteiger partial charge is 0.242 e. The SMILES string of the molecule is Cc1ccccc1NC(=O)C(N)CS. The summed E-state index contributed by atoms with van der Waals surface area (Å²) in [5.41, 5.74) is 7.35. The summed E-state index contributed by atoms with van der Waals surface area (Å²) < 4.78 is 0. The largest absolute Gasteiger partial charge is 0.324 e. The highest BCUT2D eigenvalue weighted by molar-refractivity contribution is 7.80. The van der Waals surface area contributed by atoms with Crippen molar-refractivity contribution in [1.29, 1.82) is 0 Å². The van der Waals surface area contributed by atoms with Gasteiger partial charge in [-0.15, -0.1) is 0 Å². The number of para-hydroxylation sites is 1. The summed E-state index contributed by atoms with van der Waals surface area (Å²) in [5.74, 6) is 0.145. The molecule has 1 atom stereocenters. The van der Waals surface area contributed by atoms with E-state index in [1.165, 1.54) is 0 Å². The minimum Gasteiger partial charge on any atom is -0.324 e. The van der Waals surface area contributed by atoms with Crippen LogP contribution in [0.4, 0.5) is 5.69 Å². The number of aryl methyl sites for hydroxylation is 1. The zero-order valence-electron chi connectivity index (χ0n) is 8.03. The van der Waals surface area contributed by atoms with E-state index in [2.05, 4.69) is 17.9 Å². The third-order valence-corrected chi connectivity index (χ3v) is 2.33. The van der Waals surface area contributed by atoms with Crippen molar-refractivity contribution < 1.29 is 4.79 Å². The molecule has 0 aliphatic rings. The van der Waals surface area contributed by atoms with Gasteiger partial charge in [0.2, 0.25) is 5.91 Å². The van der Waals surface area contributed by atoms with Gasteiger partial charge in [0.15, 0.2) is 0 Å². The zero-order chi connectivity index (χ0) is 10.6. The van der Waals surface area contributed by atoms with Crippen molar-refractivity contribution in [2.45, 2.75) is 13.0 Å². The van der Waals surface area contributed by atoms with E-state index in [1.807, 2.05) is 31.2 Å². The Morgan fingerprint density at radius 3 is 2.79 bits per heavy atom. The molecule has 0 aliphatic carbocycles. The maximum Gasteiger partial charge on any atom is 0.242 e. The molecule has 1 rings (SSSR count). The first-order valence-electron chi connectivity index (χ1n) is 4.38. The van der Waals surface area contributed by atoms with Crippen molar-refractivity contribution in [2.75, 3.05) is 11.1 Å². The van der Waals surface area contributed by atoms with Gasteiger partial charge in [-0.05, 0) is 18.6 Å². The van der Waals surface area contributed by atoms with Crippen LogP contribution in [-0.2, 0) is 4.79 Å². The average Bonchev–Trinajstić information content (AvgIpc) is 2.20. The molecule has 1 aromatic carbocycles. The molecular weight excluding hydrogens is 196 g/mol. The standard InChI is InChI=1S/C10H14N2OS/c1-7-4-2-3-5-9(7)12-10(13)8(11)6-14/h2-5,8,14H,6,11H2,1H3,(H,12,13). The van der Waals surface area contributed by atoms with Crippen LogP contribution in [0, 0.1) is 6.92 Å². The Morgan fingerprint density at radius 1 is 1.57 bits per heavy atom. The van der Waals surface area contributed by atoms with Crippen LogP contribution in [-0.4, -0.2) is 17.7 Å². The van der Waals surface area contributed by atoms with Gasteiger partial charge in [-0.1, -0.05) is 18.2 Å². The minimum atomic E-state index is -0.557. The van der Waals surface area contributed by atoms with Gasteiger partial charge in [0, 0.05) is 11.4 Å². The van der Waals surface area contributed by atoms with E-state index < -0.39 is 6.04 Å². The van der Waals surface area contributed by atoms with Crippen molar-refractivity contribution in [3.05, 3.63) is 29.8 Å². The van der Waals surface area contributed by atoms with E-state index >= 15 is 0 Å². The number of carbonyl (C=O) groups excluding carboxylic acids is 1. The summed E-state index contributed by atoms with van der Waals surface area (Å²) in [7, 11) is 0. The molecule has 0 aliphatic heterocycles. The zero-order valence-corrected chi connectivity index (χ0v) is 8.92. The number of benzene rings is 1. The monoisotopic (exact) mass is 210 g/mol. The number of carbonyl (C=O) groups is 1. The van der Waals surface area contributed by atoms with Gasteiger partial charge in [-0.3, -0.25) is 4.79 Å². The molecular formula is C10H14N2OS. The Labute approximate surface area is 89.1 Å². The summed E-state index contributed by atoms with van der Waals surface area (Å²) in [6, 6.07) is 7.01. The molecule has 76 valence electrons. The average molecular weight is 210 g/mol. The summed E-state index contributed by atoms with van der Waals surface area (Å²) in [5, 5.41) is 2.75. The lowest BCUT2D eigenvalue weighted by Gasteiger charge is -2.11. The fraction of sp³-hybridized carbons (Fsp3) is 0.300. The van der Waals surface area contributed by atoms with Crippen molar-refractivity contribution in [2.24, 2.45) is 5.73 Å². The summed E-state index contributed by atoms with van der Waals surface area (Å²) in [6.07, 6.45) is 0. The molecule has 0 heterocycles. The fourth-order valence-electron chi connectivity index (χ4n) is 1.02. The molecule has 0 spiro atoms. The molecule has 0 fully saturated rings. The highest BCUT2D eigenvalue weighted by Gasteiger charge is 2.11. The number of nitrogens with two attached hydrogens (primary N) is 1. The number of nitrogens with one attached hydrogen (secondary N) is 1. The Kier molecular flexibility index (Phi) is 3.98. The molecule has 4 heteroatoms. The molecule has 0 saturated heterocycles. The third-order valence-electron chi connectivity index (χ3n) is 1.94. The number of hydrogen-bond donors (Lipinski definition) is 3. The minimum absolute atomic E-state index is 0.200. The van der Waals surface area contributed by atoms with Gasteiger partial charge < -0.3 is 11.1 Å². The third kappa shape index (κ3) is 2.75. The maximum absolute atomic E-state index is 11.4. The number of rotatable bonds is 3. The first-order valence-corrected chi connectivity index (χ1v) is 5.01. The lowest BCUT2D eigenvalue weighted by atomic mass is 10.2. The van der Waals surface area contributed by atoms with Gasteiger partial charge in [-0.2, -0.15) is 12.6 Å². The number of hydrogen-bond acceptors (Lipinski definition) is 3. The molecule has 1 amide bonds. The van der Waals surface area contributed by atoms with E-state index in [4.69, 9.17) is 5.73 Å². The highest BCUT2D eigenvalue weighted by Crippen LogP contribution is 2.13. The van der Waals surface area contributed by atoms with Crippen molar-refractivity contribution >= 4 is 24.2 Å².